The van der Waals surface area contributed by atoms with Crippen LogP contribution in [0.1, 0.15) is 217 Å². The molecule has 666 valence electrons. The molecular weight excluding hydrogens is 1520 g/mol. The Kier molecular flexibility index (Phi) is 96.6. The van der Waals surface area contributed by atoms with Gasteiger partial charge in [-0.15, -0.1) is 0 Å². The number of ether oxygens (including phenoxy) is 10. The van der Waals surface area contributed by atoms with E-state index in [0.29, 0.717) is 182 Å². The third-order valence-corrected chi connectivity index (χ3v) is 15.4. The molecule has 0 aromatic rings. The Hall–Kier alpha value is -5.08. The van der Waals surface area contributed by atoms with Crippen molar-refractivity contribution in [1.82, 2.24) is 40.9 Å². The average molecular weight is 1680 g/mol. The molecule has 32 nitrogen and oxygen atoms in total. The molecule has 0 aromatic heterocycles. The smallest absolute Gasteiger partial charge is 0.303 e. The Morgan fingerprint density at radius 3 is 1.01 bits per heavy atom. The molecule has 0 aliphatic heterocycles. The van der Waals surface area contributed by atoms with Crippen LogP contribution in [-0.4, -0.2) is 299 Å². The number of carboxylic acids is 1. The fraction of sp³-hybridized carbons (Fsp3) is 0.848. The van der Waals surface area contributed by atoms with Crippen LogP contribution in [0, 0.1) is 11.3 Å². The number of halogens is 1. The van der Waals surface area contributed by atoms with Gasteiger partial charge >= 0.3 is 5.97 Å². The number of rotatable bonds is 52. The molecule has 1 aliphatic rings. The highest BCUT2D eigenvalue weighted by atomic mass is 79.9. The summed E-state index contributed by atoms with van der Waals surface area (Å²) in [5.74, 6) is -0.504. The van der Waals surface area contributed by atoms with Crippen LogP contribution in [0.4, 0.5) is 0 Å². The molecule has 0 bridgehead atoms. The number of aliphatic carboxylic acids is 1. The third kappa shape index (κ3) is 78.8. The number of ketones is 2. The zero-order valence-corrected chi connectivity index (χ0v) is 75.6. The zero-order chi connectivity index (χ0) is 87.7. The molecule has 0 atom stereocenters. The number of likely N-dealkylation sites (N-methyl/N-ethyl adjacent to an activating group) is 1. The van der Waals surface area contributed by atoms with E-state index in [2.05, 4.69) is 37.2 Å². The van der Waals surface area contributed by atoms with E-state index < -0.39 is 12.3 Å². The maximum absolute atomic E-state index is 11.9. The van der Waals surface area contributed by atoms with E-state index in [-0.39, 0.29) is 96.5 Å². The molecular formula is C79H162BrN11O21. The SMILES string of the molecule is CC(=C1C(=O)CC(C)(C)CC1=O)C(C)C.CCC(=O)N(CC=O)CCNC(C)=O.CCC(=O)O.CCOC(CBr)OCC.CCOC(CCCCNC)OCC.CCOC(CN(CCN)C(=O)CC)OCC.CCOC(CN(CCNC(C)=O)C(=O)CC)OCC.CCOC(CN(CCNC)C(=O)CC)OCC.NCCN. The number of alkyl halides is 1. The molecule has 0 saturated heterocycles. The number of unbranched alkanes of at least 4 members (excludes halogenated alkanes) is 1. The number of Topliss-reactive ketones (excluding diaryl/α,β-unsaturated/α-hetero) is 2. The molecule has 1 rings (SSSR count). The first-order valence-corrected chi connectivity index (χ1v) is 41.4. The van der Waals surface area contributed by atoms with Crippen molar-refractivity contribution in [2.24, 2.45) is 28.5 Å². The van der Waals surface area contributed by atoms with E-state index in [9.17, 15) is 47.9 Å². The summed E-state index contributed by atoms with van der Waals surface area (Å²) in [7, 11) is 3.85. The van der Waals surface area contributed by atoms with Gasteiger partial charge in [0.15, 0.2) is 43.0 Å². The van der Waals surface area contributed by atoms with Crippen LogP contribution in [0.25, 0.3) is 0 Å². The highest BCUT2D eigenvalue weighted by Crippen LogP contribution is 2.35. The van der Waals surface area contributed by atoms with Crippen LogP contribution < -0.4 is 38.5 Å². The Labute approximate surface area is 684 Å². The van der Waals surface area contributed by atoms with Gasteiger partial charge in [-0.2, -0.15) is 0 Å². The number of carboxylic acid groups (broad SMARTS) is 1. The summed E-state index contributed by atoms with van der Waals surface area (Å²) in [4.78, 5) is 118. The van der Waals surface area contributed by atoms with Gasteiger partial charge in [-0.25, -0.2) is 0 Å². The van der Waals surface area contributed by atoms with E-state index in [1.165, 1.54) is 25.2 Å². The molecule has 0 unspecified atom stereocenters. The summed E-state index contributed by atoms with van der Waals surface area (Å²) in [6.07, 6.45) is 5.88. The molecule has 0 heterocycles. The van der Waals surface area contributed by atoms with Crippen LogP contribution in [-0.2, 0) is 95.3 Å². The summed E-state index contributed by atoms with van der Waals surface area (Å²) in [6, 6.07) is 0. The molecule has 1 saturated carbocycles. The van der Waals surface area contributed by atoms with Gasteiger partial charge in [0.25, 0.3) is 0 Å². The second-order valence-electron chi connectivity index (χ2n) is 25.2. The number of allylic oxidation sites excluding steroid dienone is 2. The average Bonchev–Trinajstić information content (AvgIpc) is 0.803. The number of aldehydes is 1. The fourth-order valence-electron chi connectivity index (χ4n) is 9.21. The van der Waals surface area contributed by atoms with Gasteiger partial charge in [-0.05, 0) is 127 Å². The second kappa shape index (κ2) is 88.3. The van der Waals surface area contributed by atoms with Crippen LogP contribution in [0.5, 0.6) is 0 Å². The number of carbonyl (C=O) groups excluding carboxylic acids is 9. The Morgan fingerprint density at radius 1 is 0.455 bits per heavy atom. The predicted molar refractivity (Wildman–Crippen MR) is 447 cm³/mol. The second-order valence-corrected chi connectivity index (χ2v) is 25.8. The molecule has 0 radical (unpaired) electrons. The van der Waals surface area contributed by atoms with Crippen molar-refractivity contribution in [3.05, 3.63) is 11.1 Å². The van der Waals surface area contributed by atoms with Crippen molar-refractivity contribution in [3.8, 4) is 0 Å². The molecule has 11 N–H and O–H groups in total. The Bertz CT molecular complexity index is 2270. The molecule has 112 heavy (non-hydrogen) atoms. The van der Waals surface area contributed by atoms with Crippen LogP contribution in [0.15, 0.2) is 11.1 Å². The first kappa shape index (κ1) is 123. The largest absolute Gasteiger partial charge is 0.481 e. The van der Waals surface area contributed by atoms with E-state index >= 15 is 0 Å². The lowest BCUT2D eigenvalue weighted by atomic mass is 9.72. The maximum atomic E-state index is 11.9. The van der Waals surface area contributed by atoms with Gasteiger partial charge in [-0.3, -0.25) is 43.2 Å². The van der Waals surface area contributed by atoms with Gasteiger partial charge in [0.1, 0.15) is 6.29 Å². The normalized spacial score (nSPS) is 11.7. The minimum Gasteiger partial charge on any atom is -0.481 e. The lowest BCUT2D eigenvalue weighted by Crippen LogP contribution is -2.43. The first-order chi connectivity index (χ1) is 53.2. The number of amides is 6. The summed E-state index contributed by atoms with van der Waals surface area (Å²) in [6.45, 7) is 55.0. The third-order valence-electron chi connectivity index (χ3n) is 14.9. The van der Waals surface area contributed by atoms with Crippen LogP contribution >= 0.6 is 15.9 Å². The van der Waals surface area contributed by atoms with Crippen molar-refractivity contribution in [1.29, 1.82) is 0 Å². The van der Waals surface area contributed by atoms with Gasteiger partial charge < -0.3 is 115 Å². The highest BCUT2D eigenvalue weighted by molar-refractivity contribution is 9.09. The van der Waals surface area contributed by atoms with Gasteiger partial charge in [0, 0.05) is 190 Å². The highest BCUT2D eigenvalue weighted by Gasteiger charge is 2.37. The standard InChI is InChI=1S/C13H26N2O4.C13H20O2.C12H26N2O3.C11H24N2O3.C10H23NO2.C9H16N2O3.C6H13BrO2.C3H6O2.C2H8N2/c1-5-12(17)15(9-8-14-11(4)16)10-13(18-6-2)19-7-3;1-8(2)9(3)12-10(14)6-13(4,5)7-11(12)15;1-5-11(15)14(9-8-13-4)10-12(16-6-2)17-7-3;1-4-10(14)13(8-7-12)9-11(15-5-2)16-6-3;1-4-12-10(13-5-2)8-6-7-9-11-3;1-3-9(14)11(6-7-12)5-4-10-8(2)13;1-3-8-6(5-7)9-4-2;1-2-3(4)5;3-1-2-4/h13H,5-10H2,1-4H3,(H,14,16);8H,6-7H2,1-5H3;12-13H,5-10H2,1-4H3;11H,4-9,12H2,1-3H3;10-11H,4-9H2,1-3H3;7H,3-6H2,1-2H3,(H,10,13);6H,3-5H2,1-2H3;2H2,1H3,(H,4,5);1-4H2. The minimum atomic E-state index is -0.745. The van der Waals surface area contributed by atoms with Gasteiger partial charge in [-0.1, -0.05) is 83.8 Å². The molecule has 6 amide bonds. The maximum Gasteiger partial charge on any atom is 0.303 e. The minimum absolute atomic E-state index is 0.00635. The van der Waals surface area contributed by atoms with Crippen molar-refractivity contribution >= 4 is 75.2 Å². The van der Waals surface area contributed by atoms with Crippen molar-refractivity contribution < 1.29 is 100 Å². The Balaban J connectivity index is -0.000000185. The van der Waals surface area contributed by atoms with Gasteiger partial charge in [0.05, 0.1) is 37.1 Å². The number of nitrogens with one attached hydrogen (secondary N) is 4. The lowest BCUT2D eigenvalue weighted by molar-refractivity contribution is -0.158. The summed E-state index contributed by atoms with van der Waals surface area (Å²) in [5, 5.41) is 19.9. The van der Waals surface area contributed by atoms with Crippen molar-refractivity contribution in [2.75, 3.05) is 184 Å². The van der Waals surface area contributed by atoms with Crippen molar-refractivity contribution in [2.45, 2.75) is 248 Å². The monoisotopic (exact) mass is 1680 g/mol. The first-order valence-electron chi connectivity index (χ1n) is 40.3. The van der Waals surface area contributed by atoms with Crippen molar-refractivity contribution in [3.63, 3.8) is 0 Å². The van der Waals surface area contributed by atoms with E-state index in [1.54, 1.807) is 28.5 Å². The quantitative estimate of drug-likeness (QED) is 0.00725. The summed E-state index contributed by atoms with van der Waals surface area (Å²) >= 11 is 3.27. The molecule has 33 heteroatoms. The molecule has 1 fully saturated rings. The number of hydrogen-bond acceptors (Lipinski definition) is 25. The summed E-state index contributed by atoms with van der Waals surface area (Å²) < 4.78 is 53.7. The predicted octanol–water partition coefficient (Wildman–Crippen LogP) is 7.60. The summed E-state index contributed by atoms with van der Waals surface area (Å²) in [5.41, 5.74) is 16.5. The van der Waals surface area contributed by atoms with E-state index in [4.69, 9.17) is 69.7 Å². The number of hydrogen-bond donors (Lipinski definition) is 8. The van der Waals surface area contributed by atoms with E-state index in [1.807, 2.05) is 139 Å². The number of nitrogens with zero attached hydrogens (tertiary/aromatic N) is 4. The molecule has 1 aliphatic carbocycles. The lowest BCUT2D eigenvalue weighted by Gasteiger charge is -2.30. The van der Waals surface area contributed by atoms with Crippen LogP contribution in [0.3, 0.4) is 0 Å². The Morgan fingerprint density at radius 2 is 0.750 bits per heavy atom. The van der Waals surface area contributed by atoms with Crippen LogP contribution in [0.2, 0.25) is 0 Å². The molecule has 0 aromatic carbocycles. The van der Waals surface area contributed by atoms with Gasteiger partial charge in [0.2, 0.25) is 35.4 Å². The number of carbonyl (C=O) groups is 10. The topological polar surface area (TPSA) is 422 Å². The van der Waals surface area contributed by atoms with E-state index in [0.717, 1.165) is 50.0 Å². The number of nitrogens with two attached hydrogens (primary N) is 3. The zero-order valence-electron chi connectivity index (χ0n) is 74.0. The molecule has 0 spiro atoms. The fourth-order valence-corrected chi connectivity index (χ4v) is 9.58.